The summed E-state index contributed by atoms with van der Waals surface area (Å²) in [6, 6.07) is 5.22. The van der Waals surface area contributed by atoms with Crippen LogP contribution in [0, 0.1) is 11.8 Å². The maximum absolute atomic E-state index is 12.2. The van der Waals surface area contributed by atoms with E-state index in [0.29, 0.717) is 18.0 Å². The van der Waals surface area contributed by atoms with Gasteiger partial charge in [-0.1, -0.05) is 13.0 Å². The molecule has 19 heavy (non-hydrogen) atoms. The monoisotopic (exact) mass is 259 g/mol. The Balaban J connectivity index is 1.80. The first kappa shape index (κ1) is 12.2. The molecule has 1 aliphatic heterocycles. The van der Waals surface area contributed by atoms with Gasteiger partial charge in [0, 0.05) is 19.0 Å². The van der Waals surface area contributed by atoms with Crippen LogP contribution in [-0.4, -0.2) is 28.4 Å². The molecule has 1 aromatic carbocycles. The van der Waals surface area contributed by atoms with E-state index in [4.69, 9.17) is 5.11 Å². The Labute approximate surface area is 112 Å². The minimum Gasteiger partial charge on any atom is -0.478 e. The van der Waals surface area contributed by atoms with E-state index < -0.39 is 5.97 Å². The van der Waals surface area contributed by atoms with E-state index in [2.05, 4.69) is 6.92 Å². The fourth-order valence-electron chi connectivity index (χ4n) is 2.78. The van der Waals surface area contributed by atoms with Crippen LogP contribution in [-0.2, 0) is 17.8 Å². The minimum absolute atomic E-state index is 0.198. The summed E-state index contributed by atoms with van der Waals surface area (Å²) in [5.41, 5.74) is 2.44. The van der Waals surface area contributed by atoms with E-state index in [0.717, 1.165) is 30.5 Å². The lowest BCUT2D eigenvalue weighted by atomic mass is 9.97. The van der Waals surface area contributed by atoms with Gasteiger partial charge in [-0.05, 0) is 42.0 Å². The van der Waals surface area contributed by atoms with Crippen LogP contribution in [0.3, 0.4) is 0 Å². The molecule has 0 radical (unpaired) electrons. The predicted octanol–water partition coefficient (Wildman–Crippen LogP) is 1.93. The number of carbonyl (C=O) groups excluding carboxylic acids is 1. The number of nitrogens with zero attached hydrogens (tertiary/aromatic N) is 1. The summed E-state index contributed by atoms with van der Waals surface area (Å²) in [7, 11) is 0. The highest BCUT2D eigenvalue weighted by Gasteiger charge is 2.41. The molecule has 4 nitrogen and oxygen atoms in total. The van der Waals surface area contributed by atoms with Crippen LogP contribution in [0.4, 0.5) is 0 Å². The molecule has 1 saturated carbocycles. The summed E-state index contributed by atoms with van der Waals surface area (Å²) in [5.74, 6) is 0.0319. The van der Waals surface area contributed by atoms with Crippen molar-refractivity contribution in [1.82, 2.24) is 4.90 Å². The number of carbonyl (C=O) groups is 2. The third kappa shape index (κ3) is 2.23. The van der Waals surface area contributed by atoms with Crippen LogP contribution in [0.15, 0.2) is 18.2 Å². The molecule has 1 heterocycles. The highest BCUT2D eigenvalue weighted by molar-refractivity contribution is 5.88. The zero-order valence-electron chi connectivity index (χ0n) is 10.9. The third-order valence-corrected chi connectivity index (χ3v) is 4.20. The number of amides is 1. The standard InChI is InChI=1S/C15H17NO3/c1-9-6-13(9)14(17)16-5-4-10-2-3-11(15(18)19)7-12(10)8-16/h2-3,7,9,13H,4-6,8H2,1H3,(H,18,19). The van der Waals surface area contributed by atoms with Crippen molar-refractivity contribution in [2.24, 2.45) is 11.8 Å². The number of benzene rings is 1. The predicted molar refractivity (Wildman–Crippen MR) is 69.8 cm³/mol. The smallest absolute Gasteiger partial charge is 0.335 e. The number of rotatable bonds is 2. The van der Waals surface area contributed by atoms with E-state index in [9.17, 15) is 9.59 Å². The van der Waals surface area contributed by atoms with Crippen LogP contribution in [0.1, 0.15) is 34.8 Å². The fraction of sp³-hybridized carbons (Fsp3) is 0.467. The van der Waals surface area contributed by atoms with E-state index in [1.165, 1.54) is 0 Å². The van der Waals surface area contributed by atoms with Crippen molar-refractivity contribution < 1.29 is 14.7 Å². The van der Waals surface area contributed by atoms with E-state index >= 15 is 0 Å². The molecule has 4 heteroatoms. The van der Waals surface area contributed by atoms with Gasteiger partial charge in [0.1, 0.15) is 0 Å². The second kappa shape index (κ2) is 4.37. The Hall–Kier alpha value is -1.84. The first-order valence-electron chi connectivity index (χ1n) is 6.70. The van der Waals surface area contributed by atoms with Gasteiger partial charge in [-0.15, -0.1) is 0 Å². The van der Waals surface area contributed by atoms with Gasteiger partial charge in [-0.3, -0.25) is 4.79 Å². The molecule has 2 aliphatic rings. The lowest BCUT2D eigenvalue weighted by Crippen LogP contribution is -2.37. The Morgan fingerprint density at radius 1 is 1.32 bits per heavy atom. The third-order valence-electron chi connectivity index (χ3n) is 4.20. The van der Waals surface area contributed by atoms with Crippen molar-refractivity contribution in [1.29, 1.82) is 0 Å². The summed E-state index contributed by atoms with van der Waals surface area (Å²) < 4.78 is 0. The first-order valence-corrected chi connectivity index (χ1v) is 6.70. The van der Waals surface area contributed by atoms with Gasteiger partial charge in [0.2, 0.25) is 5.91 Å². The van der Waals surface area contributed by atoms with Gasteiger partial charge in [0.15, 0.2) is 0 Å². The lowest BCUT2D eigenvalue weighted by Gasteiger charge is -2.29. The molecule has 0 spiro atoms. The van der Waals surface area contributed by atoms with Crippen molar-refractivity contribution in [2.45, 2.75) is 26.3 Å². The number of aromatic carboxylic acids is 1. The maximum Gasteiger partial charge on any atom is 0.335 e. The van der Waals surface area contributed by atoms with Crippen molar-refractivity contribution in [2.75, 3.05) is 6.54 Å². The summed E-state index contributed by atoms with van der Waals surface area (Å²) in [6.45, 7) is 3.41. The highest BCUT2D eigenvalue weighted by Crippen LogP contribution is 2.40. The number of carboxylic acid groups (broad SMARTS) is 1. The Bertz CT molecular complexity index is 552. The summed E-state index contributed by atoms with van der Waals surface area (Å²) in [5, 5.41) is 9.01. The average Bonchev–Trinajstić information content (AvgIpc) is 3.13. The van der Waals surface area contributed by atoms with Crippen molar-refractivity contribution in [3.8, 4) is 0 Å². The number of hydrogen-bond acceptors (Lipinski definition) is 2. The highest BCUT2D eigenvalue weighted by atomic mass is 16.4. The molecular weight excluding hydrogens is 242 g/mol. The molecule has 0 saturated heterocycles. The maximum atomic E-state index is 12.2. The minimum atomic E-state index is -0.915. The van der Waals surface area contributed by atoms with Crippen molar-refractivity contribution >= 4 is 11.9 Å². The molecule has 1 N–H and O–H groups in total. The summed E-state index contributed by atoms with van der Waals surface area (Å²) >= 11 is 0. The number of carboxylic acids is 1. The molecule has 2 unspecified atom stereocenters. The normalized spacial score (nSPS) is 24.8. The largest absolute Gasteiger partial charge is 0.478 e. The molecule has 100 valence electrons. The Morgan fingerprint density at radius 3 is 2.68 bits per heavy atom. The molecule has 1 fully saturated rings. The van der Waals surface area contributed by atoms with Gasteiger partial charge >= 0.3 is 5.97 Å². The Kier molecular flexibility index (Phi) is 2.81. The van der Waals surface area contributed by atoms with Gasteiger partial charge in [-0.25, -0.2) is 4.79 Å². The quantitative estimate of drug-likeness (QED) is 0.882. The van der Waals surface area contributed by atoms with Gasteiger partial charge in [0.05, 0.1) is 5.56 Å². The zero-order valence-corrected chi connectivity index (χ0v) is 10.9. The van der Waals surface area contributed by atoms with Gasteiger partial charge in [0.25, 0.3) is 0 Å². The van der Waals surface area contributed by atoms with E-state index in [-0.39, 0.29) is 11.8 Å². The molecule has 2 atom stereocenters. The first-order chi connectivity index (χ1) is 9.06. The molecule has 0 aromatic heterocycles. The zero-order chi connectivity index (χ0) is 13.6. The average molecular weight is 259 g/mol. The fourth-order valence-corrected chi connectivity index (χ4v) is 2.78. The second-order valence-electron chi connectivity index (χ2n) is 5.62. The number of fused-ring (bicyclic) bond motifs is 1. The molecule has 1 amide bonds. The number of hydrogen-bond donors (Lipinski definition) is 1. The SMILES string of the molecule is CC1CC1C(=O)N1CCc2ccc(C(=O)O)cc2C1. The Morgan fingerprint density at radius 2 is 2.05 bits per heavy atom. The van der Waals surface area contributed by atoms with Crippen molar-refractivity contribution in [3.63, 3.8) is 0 Å². The van der Waals surface area contributed by atoms with Crippen LogP contribution < -0.4 is 0 Å². The van der Waals surface area contributed by atoms with Gasteiger partial charge < -0.3 is 10.0 Å². The lowest BCUT2D eigenvalue weighted by molar-refractivity contribution is -0.133. The van der Waals surface area contributed by atoms with Crippen molar-refractivity contribution in [3.05, 3.63) is 34.9 Å². The molecular formula is C15H17NO3. The second-order valence-corrected chi connectivity index (χ2v) is 5.62. The molecule has 1 aliphatic carbocycles. The van der Waals surface area contributed by atoms with Crippen LogP contribution >= 0.6 is 0 Å². The van der Waals surface area contributed by atoms with Crippen LogP contribution in [0.5, 0.6) is 0 Å². The van der Waals surface area contributed by atoms with E-state index in [1.807, 2.05) is 11.0 Å². The molecule has 3 rings (SSSR count). The molecule has 0 bridgehead atoms. The van der Waals surface area contributed by atoms with E-state index in [1.54, 1.807) is 12.1 Å². The van der Waals surface area contributed by atoms with Crippen LogP contribution in [0.2, 0.25) is 0 Å². The summed E-state index contributed by atoms with van der Waals surface area (Å²) in [6.07, 6.45) is 1.82. The summed E-state index contributed by atoms with van der Waals surface area (Å²) in [4.78, 5) is 25.1. The molecule has 1 aromatic rings. The van der Waals surface area contributed by atoms with Crippen LogP contribution in [0.25, 0.3) is 0 Å². The van der Waals surface area contributed by atoms with Gasteiger partial charge in [-0.2, -0.15) is 0 Å². The topological polar surface area (TPSA) is 57.6 Å².